The number of carbonyl (C=O) groups excluding carboxylic acids is 1. The fourth-order valence-electron chi connectivity index (χ4n) is 4.06. The molecular formula is C23H25ClF6N2O. The highest BCUT2D eigenvalue weighted by Gasteiger charge is 2.38. The summed E-state index contributed by atoms with van der Waals surface area (Å²) in [6, 6.07) is 9.18. The molecule has 1 N–H and O–H groups in total. The van der Waals surface area contributed by atoms with Crippen LogP contribution < -0.4 is 5.32 Å². The third-order valence-corrected chi connectivity index (χ3v) is 5.75. The zero-order chi connectivity index (χ0) is 23.7. The standard InChI is InChI=1S/C23H24F6N2O.ClH/c1-14-3-5-16(6-4-14)20-12-30-8-7-19(20)21(32)31(2)13-15-9-17(22(24,25)26)11-18(10-15)23(27,28)29;/h3-6,9-11,19-20,30H,7-8,12-13H2,1-2H3;1H/t19-,20-;/m0./s1. The number of alkyl halides is 6. The largest absolute Gasteiger partial charge is 0.416 e. The van der Waals surface area contributed by atoms with Gasteiger partial charge in [-0.1, -0.05) is 29.8 Å². The number of amides is 1. The molecule has 2 atom stereocenters. The van der Waals surface area contributed by atoms with Crippen LogP contribution in [-0.4, -0.2) is 30.9 Å². The third-order valence-electron chi connectivity index (χ3n) is 5.75. The van der Waals surface area contributed by atoms with Crippen LogP contribution in [-0.2, 0) is 23.7 Å². The number of nitrogens with one attached hydrogen (secondary N) is 1. The van der Waals surface area contributed by atoms with Gasteiger partial charge in [-0.25, -0.2) is 0 Å². The van der Waals surface area contributed by atoms with Crippen LogP contribution in [0.15, 0.2) is 42.5 Å². The minimum Gasteiger partial charge on any atom is -0.341 e. The van der Waals surface area contributed by atoms with Gasteiger partial charge in [0.15, 0.2) is 0 Å². The minimum absolute atomic E-state index is 0. The summed E-state index contributed by atoms with van der Waals surface area (Å²) >= 11 is 0. The lowest BCUT2D eigenvalue weighted by atomic mass is 9.80. The molecule has 1 heterocycles. The molecule has 33 heavy (non-hydrogen) atoms. The second-order valence-electron chi connectivity index (χ2n) is 8.22. The molecule has 0 bridgehead atoms. The Balaban J connectivity index is 0.00000385. The second kappa shape index (κ2) is 10.3. The molecule has 10 heteroatoms. The molecular weight excluding hydrogens is 470 g/mol. The Hall–Kier alpha value is -2.26. The van der Waals surface area contributed by atoms with Crippen LogP contribution in [0.2, 0.25) is 0 Å². The van der Waals surface area contributed by atoms with Crippen LogP contribution in [0.3, 0.4) is 0 Å². The van der Waals surface area contributed by atoms with Crippen molar-refractivity contribution in [2.45, 2.75) is 38.2 Å². The number of benzene rings is 2. The first-order chi connectivity index (χ1) is 14.9. The topological polar surface area (TPSA) is 32.3 Å². The maximum absolute atomic E-state index is 13.2. The molecule has 1 aliphatic heterocycles. The number of aryl methyl sites for hydroxylation is 1. The summed E-state index contributed by atoms with van der Waals surface area (Å²) in [5.74, 6) is -0.855. The summed E-state index contributed by atoms with van der Waals surface area (Å²) in [5.41, 5.74) is -0.954. The summed E-state index contributed by atoms with van der Waals surface area (Å²) in [5, 5.41) is 3.25. The molecule has 1 fully saturated rings. The number of hydrogen-bond acceptors (Lipinski definition) is 2. The van der Waals surface area contributed by atoms with Crippen molar-refractivity contribution in [3.05, 3.63) is 70.3 Å². The Morgan fingerprint density at radius 1 is 1.00 bits per heavy atom. The van der Waals surface area contributed by atoms with E-state index in [0.717, 1.165) is 11.1 Å². The molecule has 3 rings (SSSR count). The summed E-state index contributed by atoms with van der Waals surface area (Å²) < 4.78 is 78.8. The lowest BCUT2D eigenvalue weighted by molar-refractivity contribution is -0.143. The Kier molecular flexibility index (Phi) is 8.46. The zero-order valence-electron chi connectivity index (χ0n) is 18.1. The van der Waals surface area contributed by atoms with E-state index < -0.39 is 29.4 Å². The van der Waals surface area contributed by atoms with E-state index in [1.54, 1.807) is 0 Å². The van der Waals surface area contributed by atoms with Crippen molar-refractivity contribution >= 4 is 18.3 Å². The highest BCUT2D eigenvalue weighted by atomic mass is 35.5. The van der Waals surface area contributed by atoms with E-state index in [2.05, 4.69) is 5.32 Å². The maximum Gasteiger partial charge on any atom is 0.416 e. The van der Waals surface area contributed by atoms with Crippen molar-refractivity contribution in [2.24, 2.45) is 5.92 Å². The highest BCUT2D eigenvalue weighted by molar-refractivity contribution is 5.85. The molecule has 0 aromatic heterocycles. The molecule has 182 valence electrons. The Bertz CT molecular complexity index is 927. The monoisotopic (exact) mass is 494 g/mol. The Morgan fingerprint density at radius 3 is 2.06 bits per heavy atom. The minimum atomic E-state index is -4.93. The van der Waals surface area contributed by atoms with Gasteiger partial charge in [0.1, 0.15) is 0 Å². The van der Waals surface area contributed by atoms with Gasteiger partial charge in [0.05, 0.1) is 11.1 Å². The normalized spacial score (nSPS) is 19.0. The van der Waals surface area contributed by atoms with Crippen molar-refractivity contribution in [3.63, 3.8) is 0 Å². The number of nitrogens with zero attached hydrogens (tertiary/aromatic N) is 1. The van der Waals surface area contributed by atoms with Crippen LogP contribution in [0.1, 0.15) is 40.2 Å². The number of rotatable bonds is 4. The molecule has 1 saturated heterocycles. The predicted molar refractivity (Wildman–Crippen MR) is 115 cm³/mol. The van der Waals surface area contributed by atoms with Crippen molar-refractivity contribution in [2.75, 3.05) is 20.1 Å². The predicted octanol–water partition coefficient (Wildman–Crippen LogP) is 5.81. The van der Waals surface area contributed by atoms with Gasteiger partial charge >= 0.3 is 12.4 Å². The third kappa shape index (κ3) is 6.63. The van der Waals surface area contributed by atoms with Gasteiger partial charge in [-0.2, -0.15) is 26.3 Å². The SMILES string of the molecule is Cc1ccc([C@@H]2CNCC[C@@H]2C(=O)N(C)Cc2cc(C(F)(F)F)cc(C(F)(F)F)c2)cc1.Cl. The molecule has 0 spiro atoms. The molecule has 2 aromatic rings. The molecule has 1 amide bonds. The van der Waals surface area contributed by atoms with Crippen LogP contribution >= 0.6 is 12.4 Å². The molecule has 1 aliphatic rings. The maximum atomic E-state index is 13.2. The number of carbonyl (C=O) groups is 1. The molecule has 0 unspecified atom stereocenters. The van der Waals surface area contributed by atoms with Gasteiger partial charge in [0.2, 0.25) is 5.91 Å². The van der Waals surface area contributed by atoms with Crippen molar-refractivity contribution in [1.29, 1.82) is 0 Å². The molecule has 3 nitrogen and oxygen atoms in total. The quantitative estimate of drug-likeness (QED) is 0.544. The van der Waals surface area contributed by atoms with E-state index in [0.29, 0.717) is 31.6 Å². The van der Waals surface area contributed by atoms with Crippen LogP contribution in [0.5, 0.6) is 0 Å². The lowest BCUT2D eigenvalue weighted by Crippen LogP contribution is -2.43. The Morgan fingerprint density at radius 2 is 1.55 bits per heavy atom. The van der Waals surface area contributed by atoms with Gasteiger partial charge in [-0.05, 0) is 49.2 Å². The highest BCUT2D eigenvalue weighted by Crippen LogP contribution is 2.37. The molecule has 2 aromatic carbocycles. The van der Waals surface area contributed by atoms with Gasteiger partial charge in [-0.15, -0.1) is 12.4 Å². The van der Waals surface area contributed by atoms with E-state index in [9.17, 15) is 31.1 Å². The first-order valence-corrected chi connectivity index (χ1v) is 10.2. The van der Waals surface area contributed by atoms with Gasteiger partial charge in [-0.3, -0.25) is 4.79 Å². The summed E-state index contributed by atoms with van der Waals surface area (Å²) in [4.78, 5) is 14.4. The number of piperidine rings is 1. The second-order valence-corrected chi connectivity index (χ2v) is 8.22. The van der Waals surface area contributed by atoms with E-state index in [1.165, 1.54) is 11.9 Å². The van der Waals surface area contributed by atoms with Gasteiger partial charge in [0, 0.05) is 32.0 Å². The van der Waals surface area contributed by atoms with Crippen molar-refractivity contribution in [1.82, 2.24) is 10.2 Å². The van der Waals surface area contributed by atoms with E-state index >= 15 is 0 Å². The van der Waals surface area contributed by atoms with E-state index in [1.807, 2.05) is 31.2 Å². The fourth-order valence-corrected chi connectivity index (χ4v) is 4.06. The molecule has 0 aliphatic carbocycles. The van der Waals surface area contributed by atoms with E-state index in [4.69, 9.17) is 0 Å². The smallest absolute Gasteiger partial charge is 0.341 e. The van der Waals surface area contributed by atoms with Crippen LogP contribution in [0.4, 0.5) is 26.3 Å². The average Bonchev–Trinajstić information content (AvgIpc) is 2.72. The summed E-state index contributed by atoms with van der Waals surface area (Å²) in [7, 11) is 1.41. The van der Waals surface area contributed by atoms with Crippen molar-refractivity contribution in [3.8, 4) is 0 Å². The summed E-state index contributed by atoms with van der Waals surface area (Å²) in [6.07, 6.45) is -9.33. The zero-order valence-corrected chi connectivity index (χ0v) is 18.9. The lowest BCUT2D eigenvalue weighted by Gasteiger charge is -2.34. The number of halogens is 7. The van der Waals surface area contributed by atoms with Crippen LogP contribution in [0, 0.1) is 12.8 Å². The summed E-state index contributed by atoms with van der Waals surface area (Å²) in [6.45, 7) is 2.77. The fraction of sp³-hybridized carbons (Fsp3) is 0.435. The first kappa shape index (κ1) is 27.0. The molecule has 0 radical (unpaired) electrons. The van der Waals surface area contributed by atoms with Crippen LogP contribution in [0.25, 0.3) is 0 Å². The average molecular weight is 495 g/mol. The van der Waals surface area contributed by atoms with E-state index in [-0.39, 0.29) is 42.4 Å². The first-order valence-electron chi connectivity index (χ1n) is 10.2. The van der Waals surface area contributed by atoms with Gasteiger partial charge in [0.25, 0.3) is 0 Å². The van der Waals surface area contributed by atoms with Gasteiger partial charge < -0.3 is 10.2 Å². The number of hydrogen-bond donors (Lipinski definition) is 1. The molecule has 0 saturated carbocycles. The Labute approximate surface area is 194 Å². The van der Waals surface area contributed by atoms with Crippen molar-refractivity contribution < 1.29 is 31.1 Å².